The lowest BCUT2D eigenvalue weighted by molar-refractivity contribution is 0.379. The summed E-state index contributed by atoms with van der Waals surface area (Å²) in [5.74, 6) is 0.657. The highest BCUT2D eigenvalue weighted by atomic mass is 32.1. The summed E-state index contributed by atoms with van der Waals surface area (Å²) in [5.41, 5.74) is 0.990. The second-order valence-electron chi connectivity index (χ2n) is 1.74. The monoisotopic (exact) mass is 156 g/mol. The molecule has 0 aliphatic carbocycles. The maximum Gasteiger partial charge on any atom is 0.316 e. The number of aromatic nitrogens is 2. The lowest BCUT2D eigenvalue weighted by Gasteiger charge is -1.96. The van der Waals surface area contributed by atoms with Crippen LogP contribution < -0.4 is 4.74 Å². The normalized spacial score (nSPS) is 9.40. The summed E-state index contributed by atoms with van der Waals surface area (Å²) in [7, 11) is 1.54. The molecule has 54 valence electrons. The molecule has 0 bridgehead atoms. The Kier molecular flexibility index (Phi) is 2.50. The first-order chi connectivity index (χ1) is 4.86. The van der Waals surface area contributed by atoms with E-state index in [1.807, 2.05) is 0 Å². The molecule has 0 saturated heterocycles. The van der Waals surface area contributed by atoms with Crippen LogP contribution in [-0.2, 0) is 5.75 Å². The molecular formula is C6H8N2OS. The first kappa shape index (κ1) is 7.34. The molecule has 0 unspecified atom stereocenters. The summed E-state index contributed by atoms with van der Waals surface area (Å²) in [6, 6.07) is 0.394. The average molecular weight is 156 g/mol. The minimum atomic E-state index is 0.394. The Morgan fingerprint density at radius 2 is 2.10 bits per heavy atom. The first-order valence-electron chi connectivity index (χ1n) is 2.82. The molecule has 1 heterocycles. The minimum Gasteiger partial charge on any atom is -0.467 e. The number of hydrogen-bond acceptors (Lipinski definition) is 4. The molecule has 0 amide bonds. The maximum atomic E-state index is 4.77. The molecule has 0 aliphatic rings. The third-order valence-corrected chi connectivity index (χ3v) is 1.41. The fourth-order valence-corrected chi connectivity index (χ4v) is 0.693. The molecule has 1 aromatic rings. The van der Waals surface area contributed by atoms with Crippen molar-refractivity contribution in [1.82, 2.24) is 9.97 Å². The molecule has 10 heavy (non-hydrogen) atoms. The van der Waals surface area contributed by atoms with Crippen molar-refractivity contribution >= 4 is 12.6 Å². The molecule has 4 heteroatoms. The first-order valence-corrected chi connectivity index (χ1v) is 3.46. The Labute approximate surface area is 64.9 Å². The number of thiol groups is 1. The number of hydrogen-bond donors (Lipinski definition) is 1. The van der Waals surface area contributed by atoms with Gasteiger partial charge in [-0.05, 0) is 5.56 Å². The second kappa shape index (κ2) is 3.41. The van der Waals surface area contributed by atoms with E-state index >= 15 is 0 Å². The molecule has 0 aromatic carbocycles. The van der Waals surface area contributed by atoms with E-state index in [2.05, 4.69) is 22.6 Å². The van der Waals surface area contributed by atoms with E-state index in [4.69, 9.17) is 4.74 Å². The SMILES string of the molecule is COc1ncc(CS)cn1. The predicted octanol–water partition coefficient (Wildman–Crippen LogP) is 0.915. The zero-order valence-electron chi connectivity index (χ0n) is 5.61. The quantitative estimate of drug-likeness (QED) is 0.646. The average Bonchev–Trinajstić information content (AvgIpc) is 2.05. The zero-order chi connectivity index (χ0) is 7.40. The number of rotatable bonds is 2. The minimum absolute atomic E-state index is 0.394. The van der Waals surface area contributed by atoms with E-state index in [0.29, 0.717) is 11.8 Å². The van der Waals surface area contributed by atoms with E-state index in [9.17, 15) is 0 Å². The van der Waals surface area contributed by atoms with E-state index in [1.165, 1.54) is 7.11 Å². The smallest absolute Gasteiger partial charge is 0.316 e. The van der Waals surface area contributed by atoms with Crippen LogP contribution >= 0.6 is 12.6 Å². The van der Waals surface area contributed by atoms with Gasteiger partial charge in [0, 0.05) is 18.1 Å². The van der Waals surface area contributed by atoms with E-state index in [0.717, 1.165) is 5.56 Å². The molecule has 0 N–H and O–H groups in total. The summed E-state index contributed by atoms with van der Waals surface area (Å²) in [6.07, 6.45) is 3.39. The lowest BCUT2D eigenvalue weighted by Crippen LogP contribution is -1.91. The topological polar surface area (TPSA) is 35.0 Å². The van der Waals surface area contributed by atoms with Crippen molar-refractivity contribution in [3.05, 3.63) is 18.0 Å². The molecular weight excluding hydrogens is 148 g/mol. The standard InChI is InChI=1S/C6H8N2OS/c1-9-6-7-2-5(4-10)3-8-6/h2-3,10H,4H2,1H3. The largest absolute Gasteiger partial charge is 0.467 e. The van der Waals surface area contributed by atoms with Gasteiger partial charge in [0.25, 0.3) is 0 Å². The summed E-state index contributed by atoms with van der Waals surface area (Å²) < 4.78 is 4.77. The predicted molar refractivity (Wildman–Crippen MR) is 41.3 cm³/mol. The number of methoxy groups -OCH3 is 1. The molecule has 0 spiro atoms. The van der Waals surface area contributed by atoms with Crippen molar-refractivity contribution in [2.75, 3.05) is 7.11 Å². The highest BCUT2D eigenvalue weighted by Gasteiger charge is 1.92. The summed E-state index contributed by atoms with van der Waals surface area (Å²) >= 11 is 4.05. The van der Waals surface area contributed by atoms with Crippen LogP contribution in [0.25, 0.3) is 0 Å². The van der Waals surface area contributed by atoms with Gasteiger partial charge >= 0.3 is 6.01 Å². The van der Waals surface area contributed by atoms with Crippen LogP contribution in [0, 0.1) is 0 Å². The van der Waals surface area contributed by atoms with Crippen molar-refractivity contribution in [2.24, 2.45) is 0 Å². The van der Waals surface area contributed by atoms with Crippen molar-refractivity contribution in [1.29, 1.82) is 0 Å². The highest BCUT2D eigenvalue weighted by molar-refractivity contribution is 7.79. The third-order valence-electron chi connectivity index (χ3n) is 1.05. The van der Waals surface area contributed by atoms with Gasteiger partial charge in [0.1, 0.15) is 0 Å². The highest BCUT2D eigenvalue weighted by Crippen LogP contribution is 2.02. The summed E-state index contributed by atoms with van der Waals surface area (Å²) in [5, 5.41) is 0. The van der Waals surface area contributed by atoms with Gasteiger partial charge in [-0.3, -0.25) is 0 Å². The van der Waals surface area contributed by atoms with Crippen LogP contribution in [0.5, 0.6) is 6.01 Å². The Morgan fingerprint density at radius 1 is 1.50 bits per heavy atom. The molecule has 0 radical (unpaired) electrons. The van der Waals surface area contributed by atoms with Crippen LogP contribution in [0.2, 0.25) is 0 Å². The maximum absolute atomic E-state index is 4.77. The Morgan fingerprint density at radius 3 is 2.50 bits per heavy atom. The second-order valence-corrected chi connectivity index (χ2v) is 2.05. The van der Waals surface area contributed by atoms with Gasteiger partial charge in [-0.2, -0.15) is 12.6 Å². The molecule has 0 fully saturated rings. The molecule has 1 rings (SSSR count). The van der Waals surface area contributed by atoms with Gasteiger partial charge in [-0.25, -0.2) is 9.97 Å². The van der Waals surface area contributed by atoms with Crippen LogP contribution in [0.4, 0.5) is 0 Å². The fraction of sp³-hybridized carbons (Fsp3) is 0.333. The van der Waals surface area contributed by atoms with Gasteiger partial charge in [0.2, 0.25) is 0 Å². The molecule has 0 atom stereocenters. The Balaban J connectivity index is 2.80. The van der Waals surface area contributed by atoms with Gasteiger partial charge in [0.15, 0.2) is 0 Å². The summed E-state index contributed by atoms with van der Waals surface area (Å²) in [6.45, 7) is 0. The Bertz CT molecular complexity index is 176. The van der Waals surface area contributed by atoms with Gasteiger partial charge in [0.05, 0.1) is 7.11 Å². The molecule has 1 aromatic heterocycles. The van der Waals surface area contributed by atoms with Crippen molar-refractivity contribution in [2.45, 2.75) is 5.75 Å². The van der Waals surface area contributed by atoms with Crippen LogP contribution in [0.15, 0.2) is 12.4 Å². The fourth-order valence-electron chi connectivity index (χ4n) is 0.530. The zero-order valence-corrected chi connectivity index (χ0v) is 6.51. The van der Waals surface area contributed by atoms with Crippen molar-refractivity contribution in [3.8, 4) is 6.01 Å². The van der Waals surface area contributed by atoms with Crippen LogP contribution in [-0.4, -0.2) is 17.1 Å². The van der Waals surface area contributed by atoms with E-state index in [-0.39, 0.29) is 0 Å². The van der Waals surface area contributed by atoms with Gasteiger partial charge in [-0.15, -0.1) is 0 Å². The number of ether oxygens (including phenoxy) is 1. The van der Waals surface area contributed by atoms with Gasteiger partial charge in [-0.1, -0.05) is 0 Å². The van der Waals surface area contributed by atoms with E-state index < -0.39 is 0 Å². The molecule has 3 nitrogen and oxygen atoms in total. The molecule has 0 saturated carbocycles. The van der Waals surface area contributed by atoms with Crippen LogP contribution in [0.1, 0.15) is 5.56 Å². The third kappa shape index (κ3) is 1.60. The summed E-state index contributed by atoms with van der Waals surface area (Å²) in [4.78, 5) is 7.77. The Hall–Kier alpha value is -0.770. The number of nitrogens with zero attached hydrogens (tertiary/aromatic N) is 2. The van der Waals surface area contributed by atoms with Crippen molar-refractivity contribution in [3.63, 3.8) is 0 Å². The van der Waals surface area contributed by atoms with E-state index in [1.54, 1.807) is 12.4 Å². The lowest BCUT2D eigenvalue weighted by atomic mass is 10.4. The molecule has 0 aliphatic heterocycles. The van der Waals surface area contributed by atoms with Gasteiger partial charge < -0.3 is 4.74 Å². The van der Waals surface area contributed by atoms with Crippen molar-refractivity contribution < 1.29 is 4.74 Å². The van der Waals surface area contributed by atoms with Crippen LogP contribution in [0.3, 0.4) is 0 Å².